The summed E-state index contributed by atoms with van der Waals surface area (Å²) in [4.78, 5) is 4.24. The molecule has 6 nitrogen and oxygen atoms in total. The molecule has 0 aliphatic carbocycles. The van der Waals surface area contributed by atoms with Crippen molar-refractivity contribution in [2.24, 2.45) is 16.5 Å². The molecule has 0 saturated carbocycles. The van der Waals surface area contributed by atoms with Gasteiger partial charge in [-0.05, 0) is 44.1 Å². The fourth-order valence-electron chi connectivity index (χ4n) is 1.50. The summed E-state index contributed by atoms with van der Waals surface area (Å²) in [6.07, 6.45) is 3.44. The SMILES string of the molecule is Cl.Cl.NCCCN=c1ccc(CNCCCN)cn1O. The molecule has 0 saturated heterocycles. The molecule has 0 aromatic carbocycles. The number of nitrogens with one attached hydrogen (secondary N) is 1. The third-order valence-electron chi connectivity index (χ3n) is 2.49. The molecule has 1 aromatic rings. The van der Waals surface area contributed by atoms with E-state index in [-0.39, 0.29) is 24.8 Å². The Labute approximate surface area is 132 Å². The summed E-state index contributed by atoms with van der Waals surface area (Å²) in [6, 6.07) is 3.75. The maximum absolute atomic E-state index is 9.74. The van der Waals surface area contributed by atoms with Crippen LogP contribution in [0.4, 0.5) is 0 Å². The Kier molecular flexibility index (Phi) is 14.2. The van der Waals surface area contributed by atoms with Crippen molar-refractivity contribution < 1.29 is 5.21 Å². The van der Waals surface area contributed by atoms with E-state index in [2.05, 4.69) is 10.3 Å². The van der Waals surface area contributed by atoms with Crippen molar-refractivity contribution in [2.45, 2.75) is 19.4 Å². The van der Waals surface area contributed by atoms with Gasteiger partial charge in [-0.1, -0.05) is 6.07 Å². The Morgan fingerprint density at radius 3 is 2.45 bits per heavy atom. The lowest BCUT2D eigenvalue weighted by molar-refractivity contribution is 0.170. The van der Waals surface area contributed by atoms with E-state index in [1.165, 1.54) is 0 Å². The zero-order valence-corrected chi connectivity index (χ0v) is 13.1. The highest BCUT2D eigenvalue weighted by Gasteiger charge is 1.96. The van der Waals surface area contributed by atoms with Crippen molar-refractivity contribution in [1.82, 2.24) is 10.0 Å². The van der Waals surface area contributed by atoms with Crippen molar-refractivity contribution in [1.29, 1.82) is 0 Å². The maximum Gasteiger partial charge on any atom is 0.163 e. The Morgan fingerprint density at radius 2 is 1.85 bits per heavy atom. The van der Waals surface area contributed by atoms with E-state index in [0.717, 1.165) is 29.7 Å². The van der Waals surface area contributed by atoms with Gasteiger partial charge in [0.1, 0.15) is 0 Å². The van der Waals surface area contributed by atoms with Crippen LogP contribution in [-0.2, 0) is 6.54 Å². The van der Waals surface area contributed by atoms with Gasteiger partial charge < -0.3 is 22.0 Å². The Balaban J connectivity index is 0. The number of hydrogen-bond acceptors (Lipinski definition) is 5. The summed E-state index contributed by atoms with van der Waals surface area (Å²) >= 11 is 0. The molecule has 6 N–H and O–H groups in total. The molecule has 0 atom stereocenters. The summed E-state index contributed by atoms with van der Waals surface area (Å²) in [5.41, 5.74) is 12.3. The molecule has 1 heterocycles. The number of aromatic nitrogens is 1. The first-order valence-electron chi connectivity index (χ1n) is 6.30. The quantitative estimate of drug-likeness (QED) is 0.406. The fourth-order valence-corrected chi connectivity index (χ4v) is 1.50. The van der Waals surface area contributed by atoms with E-state index in [0.29, 0.717) is 31.7 Å². The zero-order chi connectivity index (χ0) is 13.2. The number of pyridine rings is 1. The number of rotatable bonds is 8. The highest BCUT2D eigenvalue weighted by atomic mass is 35.5. The summed E-state index contributed by atoms with van der Waals surface area (Å²) in [7, 11) is 0. The normalized spacial score (nSPS) is 10.8. The van der Waals surface area contributed by atoms with Crippen molar-refractivity contribution in [3.63, 3.8) is 0 Å². The summed E-state index contributed by atoms with van der Waals surface area (Å²) < 4.78 is 1.05. The van der Waals surface area contributed by atoms with E-state index >= 15 is 0 Å². The average molecular weight is 326 g/mol. The zero-order valence-electron chi connectivity index (χ0n) is 11.5. The molecule has 0 amide bonds. The highest BCUT2D eigenvalue weighted by molar-refractivity contribution is 5.85. The molecular weight excluding hydrogens is 301 g/mol. The van der Waals surface area contributed by atoms with Crippen LogP contribution in [0, 0.1) is 0 Å². The summed E-state index contributed by atoms with van der Waals surface area (Å²) in [6.45, 7) is 3.52. The molecule has 8 heteroatoms. The van der Waals surface area contributed by atoms with Gasteiger partial charge in [0.05, 0.1) is 6.20 Å². The van der Waals surface area contributed by atoms with E-state index in [1.807, 2.05) is 6.07 Å². The Bertz CT molecular complexity index is 411. The number of nitrogens with two attached hydrogens (primary N) is 2. The van der Waals surface area contributed by atoms with Gasteiger partial charge in [-0.2, -0.15) is 4.73 Å². The van der Waals surface area contributed by atoms with Crippen molar-refractivity contribution in [3.8, 4) is 0 Å². The van der Waals surface area contributed by atoms with Gasteiger partial charge in [-0.25, -0.2) is 0 Å². The Morgan fingerprint density at radius 1 is 1.15 bits per heavy atom. The lowest BCUT2D eigenvalue weighted by atomic mass is 10.3. The lowest BCUT2D eigenvalue weighted by Crippen LogP contribution is -2.22. The van der Waals surface area contributed by atoms with Crippen LogP contribution in [0.25, 0.3) is 0 Å². The second kappa shape index (κ2) is 13.2. The second-order valence-corrected chi connectivity index (χ2v) is 4.08. The van der Waals surface area contributed by atoms with Crippen molar-refractivity contribution in [2.75, 3.05) is 26.2 Å². The second-order valence-electron chi connectivity index (χ2n) is 4.08. The smallest absolute Gasteiger partial charge is 0.163 e. The van der Waals surface area contributed by atoms with Gasteiger partial charge in [0.15, 0.2) is 5.49 Å². The van der Waals surface area contributed by atoms with Crippen LogP contribution in [-0.4, -0.2) is 36.1 Å². The highest BCUT2D eigenvalue weighted by Crippen LogP contribution is 1.94. The molecular formula is C12H25Cl2N5O. The third-order valence-corrected chi connectivity index (χ3v) is 2.49. The largest absolute Gasteiger partial charge is 0.427 e. The molecule has 0 bridgehead atoms. The predicted octanol–water partition coefficient (Wildman–Crippen LogP) is 0.257. The van der Waals surface area contributed by atoms with Crippen molar-refractivity contribution in [3.05, 3.63) is 29.4 Å². The van der Waals surface area contributed by atoms with Gasteiger partial charge >= 0.3 is 0 Å². The number of nitrogens with zero attached hydrogens (tertiary/aromatic N) is 2. The van der Waals surface area contributed by atoms with Crippen LogP contribution < -0.4 is 22.3 Å². The molecule has 20 heavy (non-hydrogen) atoms. The van der Waals surface area contributed by atoms with Crippen LogP contribution in [0.2, 0.25) is 0 Å². The molecule has 1 rings (SSSR count). The van der Waals surface area contributed by atoms with Crippen LogP contribution in [0.3, 0.4) is 0 Å². The van der Waals surface area contributed by atoms with E-state index in [1.54, 1.807) is 12.3 Å². The molecule has 0 spiro atoms. The predicted molar refractivity (Wildman–Crippen MR) is 85.6 cm³/mol. The van der Waals surface area contributed by atoms with Gasteiger partial charge in [-0.3, -0.25) is 4.99 Å². The van der Waals surface area contributed by atoms with Gasteiger partial charge in [-0.15, -0.1) is 24.8 Å². The molecule has 0 radical (unpaired) electrons. The summed E-state index contributed by atoms with van der Waals surface area (Å²) in [5.74, 6) is 0. The maximum atomic E-state index is 9.74. The van der Waals surface area contributed by atoms with E-state index in [9.17, 15) is 5.21 Å². The monoisotopic (exact) mass is 325 g/mol. The van der Waals surface area contributed by atoms with E-state index in [4.69, 9.17) is 11.5 Å². The Hall–Kier alpha value is -0.790. The van der Waals surface area contributed by atoms with E-state index < -0.39 is 0 Å². The lowest BCUT2D eigenvalue weighted by Gasteiger charge is -2.06. The first-order chi connectivity index (χ1) is 8.77. The average Bonchev–Trinajstić information content (AvgIpc) is 2.37. The number of hydrogen-bond donors (Lipinski definition) is 4. The van der Waals surface area contributed by atoms with Crippen LogP contribution >= 0.6 is 24.8 Å². The molecule has 118 valence electrons. The minimum atomic E-state index is 0. The van der Waals surface area contributed by atoms with Gasteiger partial charge in [0.2, 0.25) is 0 Å². The summed E-state index contributed by atoms with van der Waals surface area (Å²) in [5, 5.41) is 13.0. The minimum Gasteiger partial charge on any atom is -0.427 e. The molecule has 1 aromatic heterocycles. The molecule has 0 aliphatic heterocycles. The molecule has 0 fully saturated rings. The van der Waals surface area contributed by atoms with Crippen LogP contribution in [0.1, 0.15) is 18.4 Å². The van der Waals surface area contributed by atoms with Crippen LogP contribution in [0.15, 0.2) is 23.3 Å². The minimum absolute atomic E-state index is 0. The fraction of sp³-hybridized carbons (Fsp3) is 0.583. The van der Waals surface area contributed by atoms with Gasteiger partial charge in [0, 0.05) is 13.1 Å². The first kappa shape index (κ1) is 21.5. The molecule has 0 aliphatic rings. The third kappa shape index (κ3) is 8.39. The van der Waals surface area contributed by atoms with Crippen LogP contribution in [0.5, 0.6) is 0 Å². The first-order valence-corrected chi connectivity index (χ1v) is 6.30. The molecule has 0 unspecified atom stereocenters. The van der Waals surface area contributed by atoms with Gasteiger partial charge in [0.25, 0.3) is 0 Å². The van der Waals surface area contributed by atoms with Crippen molar-refractivity contribution >= 4 is 24.8 Å². The standard InChI is InChI=1S/C12H23N5O.2ClH/c13-5-1-7-15-9-11-3-4-12(17(18)10-11)16-8-2-6-14;;/h3-4,10,15,18H,1-2,5-9,13-14H2;2*1H. The topological polar surface area (TPSA) is 102 Å². The number of halogens is 2.